The topological polar surface area (TPSA) is 58.2 Å². The lowest BCUT2D eigenvalue weighted by atomic mass is 9.91. The number of nitrogens with one attached hydrogen (secondary N) is 2. The maximum absolute atomic E-state index is 12.3. The van der Waals surface area contributed by atoms with Gasteiger partial charge in [-0.2, -0.15) is 0 Å². The standard InChI is InChI=1S/C15H20Cl2N2O2/c1-4-5-8-18-13(20)15(2,3)14(21)19-10-6-7-11(16)12(17)9-10/h6-7,9H,4-5,8H2,1-3H3,(H,18,20)(H,19,21). The predicted molar refractivity (Wildman–Crippen MR) is 86.8 cm³/mol. The van der Waals surface area contributed by atoms with Gasteiger partial charge in [0.2, 0.25) is 11.8 Å². The van der Waals surface area contributed by atoms with E-state index in [1.165, 1.54) is 0 Å². The van der Waals surface area contributed by atoms with Crippen molar-refractivity contribution in [2.45, 2.75) is 33.6 Å². The Balaban J connectivity index is 2.71. The molecule has 1 rings (SSSR count). The van der Waals surface area contributed by atoms with Gasteiger partial charge < -0.3 is 10.6 Å². The normalized spacial score (nSPS) is 11.1. The van der Waals surface area contributed by atoms with Crippen molar-refractivity contribution in [3.05, 3.63) is 28.2 Å². The molecule has 0 heterocycles. The molecule has 0 atom stereocenters. The fourth-order valence-corrected chi connectivity index (χ4v) is 1.86. The largest absolute Gasteiger partial charge is 0.355 e. The van der Waals surface area contributed by atoms with Crippen molar-refractivity contribution in [3.63, 3.8) is 0 Å². The van der Waals surface area contributed by atoms with Crippen LogP contribution >= 0.6 is 23.2 Å². The summed E-state index contributed by atoms with van der Waals surface area (Å²) in [5.74, 6) is -0.691. The molecule has 1 aromatic rings. The van der Waals surface area contributed by atoms with Gasteiger partial charge in [-0.3, -0.25) is 9.59 Å². The molecule has 0 spiro atoms. The van der Waals surface area contributed by atoms with E-state index in [1.807, 2.05) is 6.92 Å². The van der Waals surface area contributed by atoms with Gasteiger partial charge in [-0.25, -0.2) is 0 Å². The van der Waals surface area contributed by atoms with Gasteiger partial charge in [0.15, 0.2) is 0 Å². The summed E-state index contributed by atoms with van der Waals surface area (Å²) in [7, 11) is 0. The zero-order valence-corrected chi connectivity index (χ0v) is 13.9. The molecular formula is C15H20Cl2N2O2. The number of halogens is 2. The van der Waals surface area contributed by atoms with Crippen molar-refractivity contribution in [1.29, 1.82) is 0 Å². The zero-order chi connectivity index (χ0) is 16.0. The number of hydrogen-bond donors (Lipinski definition) is 2. The first-order valence-electron chi connectivity index (χ1n) is 6.83. The number of carbonyl (C=O) groups is 2. The summed E-state index contributed by atoms with van der Waals surface area (Å²) in [5, 5.41) is 6.20. The third kappa shape index (κ3) is 4.90. The summed E-state index contributed by atoms with van der Waals surface area (Å²) in [6.07, 6.45) is 1.87. The highest BCUT2D eigenvalue weighted by atomic mass is 35.5. The van der Waals surface area contributed by atoms with Gasteiger partial charge in [0.05, 0.1) is 10.0 Å². The Hall–Kier alpha value is -1.26. The first-order chi connectivity index (χ1) is 9.78. The number of amides is 2. The third-order valence-corrected chi connectivity index (χ3v) is 3.87. The van der Waals surface area contributed by atoms with Crippen molar-refractivity contribution in [1.82, 2.24) is 5.32 Å². The molecule has 0 radical (unpaired) electrons. The zero-order valence-electron chi connectivity index (χ0n) is 12.4. The summed E-state index contributed by atoms with van der Waals surface area (Å²) in [5.41, 5.74) is -0.663. The third-order valence-electron chi connectivity index (χ3n) is 3.13. The van der Waals surface area contributed by atoms with Crippen molar-refractivity contribution < 1.29 is 9.59 Å². The van der Waals surface area contributed by atoms with Crippen molar-refractivity contribution in [3.8, 4) is 0 Å². The van der Waals surface area contributed by atoms with Gasteiger partial charge >= 0.3 is 0 Å². The van der Waals surface area contributed by atoms with E-state index in [1.54, 1.807) is 32.0 Å². The van der Waals surface area contributed by atoms with Crippen molar-refractivity contribution in [2.24, 2.45) is 5.41 Å². The Morgan fingerprint density at radius 1 is 1.14 bits per heavy atom. The number of unbranched alkanes of at least 4 members (excludes halogenated alkanes) is 1. The molecule has 6 heteroatoms. The van der Waals surface area contributed by atoms with Gasteiger partial charge in [0.25, 0.3) is 0 Å². The molecule has 2 N–H and O–H groups in total. The van der Waals surface area contributed by atoms with E-state index in [0.29, 0.717) is 22.3 Å². The van der Waals surface area contributed by atoms with Crippen LogP contribution in [0.5, 0.6) is 0 Å². The van der Waals surface area contributed by atoms with E-state index in [9.17, 15) is 9.59 Å². The molecule has 21 heavy (non-hydrogen) atoms. The van der Waals surface area contributed by atoms with Crippen LogP contribution in [0.15, 0.2) is 18.2 Å². The number of carbonyl (C=O) groups excluding carboxylic acids is 2. The predicted octanol–water partition coefficient (Wildman–Crippen LogP) is 3.87. The average molecular weight is 331 g/mol. The molecule has 0 aliphatic rings. The molecule has 0 aromatic heterocycles. The van der Waals surface area contributed by atoms with Gasteiger partial charge in [0, 0.05) is 12.2 Å². The van der Waals surface area contributed by atoms with Crippen LogP contribution in [0.2, 0.25) is 10.0 Å². The molecule has 0 aliphatic carbocycles. The Morgan fingerprint density at radius 3 is 2.38 bits per heavy atom. The number of anilines is 1. The second-order valence-corrected chi connectivity index (χ2v) is 6.13. The van der Waals surface area contributed by atoms with Crippen molar-refractivity contribution in [2.75, 3.05) is 11.9 Å². The molecule has 0 fully saturated rings. The molecule has 4 nitrogen and oxygen atoms in total. The Labute approximate surface area is 135 Å². The molecular weight excluding hydrogens is 311 g/mol. The highest BCUT2D eigenvalue weighted by molar-refractivity contribution is 6.42. The highest BCUT2D eigenvalue weighted by Crippen LogP contribution is 2.26. The van der Waals surface area contributed by atoms with Crippen LogP contribution in [0.4, 0.5) is 5.69 Å². The van der Waals surface area contributed by atoms with Crippen LogP contribution in [0.3, 0.4) is 0 Å². The highest BCUT2D eigenvalue weighted by Gasteiger charge is 2.35. The molecule has 116 valence electrons. The van der Waals surface area contributed by atoms with E-state index in [-0.39, 0.29) is 5.91 Å². The fourth-order valence-electron chi connectivity index (χ4n) is 1.56. The second-order valence-electron chi connectivity index (χ2n) is 5.32. The fraction of sp³-hybridized carbons (Fsp3) is 0.467. The maximum Gasteiger partial charge on any atom is 0.239 e. The molecule has 0 saturated carbocycles. The summed E-state index contributed by atoms with van der Waals surface area (Å²) >= 11 is 11.7. The number of benzene rings is 1. The molecule has 1 aromatic carbocycles. The minimum Gasteiger partial charge on any atom is -0.355 e. The van der Waals surface area contributed by atoms with E-state index in [0.717, 1.165) is 12.8 Å². The number of hydrogen-bond acceptors (Lipinski definition) is 2. The van der Waals surface area contributed by atoms with E-state index >= 15 is 0 Å². The summed E-state index contributed by atoms with van der Waals surface area (Å²) in [4.78, 5) is 24.3. The molecule has 0 aliphatic heterocycles. The smallest absolute Gasteiger partial charge is 0.239 e. The van der Waals surface area contributed by atoms with E-state index in [2.05, 4.69) is 10.6 Å². The van der Waals surface area contributed by atoms with E-state index in [4.69, 9.17) is 23.2 Å². The monoisotopic (exact) mass is 330 g/mol. The van der Waals surface area contributed by atoms with Crippen LogP contribution in [-0.4, -0.2) is 18.4 Å². The van der Waals surface area contributed by atoms with Gasteiger partial charge in [0.1, 0.15) is 5.41 Å². The van der Waals surface area contributed by atoms with Crippen LogP contribution in [0.1, 0.15) is 33.6 Å². The molecule has 0 bridgehead atoms. The van der Waals surface area contributed by atoms with Crippen LogP contribution in [0.25, 0.3) is 0 Å². The molecule has 0 saturated heterocycles. The molecule has 2 amide bonds. The first-order valence-corrected chi connectivity index (χ1v) is 7.59. The lowest BCUT2D eigenvalue weighted by molar-refractivity contribution is -0.138. The SMILES string of the molecule is CCCCNC(=O)C(C)(C)C(=O)Nc1ccc(Cl)c(Cl)c1. The quantitative estimate of drug-likeness (QED) is 0.614. The van der Waals surface area contributed by atoms with Gasteiger partial charge in [-0.1, -0.05) is 36.5 Å². The maximum atomic E-state index is 12.3. The second kappa shape index (κ2) is 7.66. The Bertz CT molecular complexity index is 530. The summed E-state index contributed by atoms with van der Waals surface area (Å²) in [6, 6.07) is 4.78. The lowest BCUT2D eigenvalue weighted by Gasteiger charge is -2.22. The van der Waals surface area contributed by atoms with Crippen LogP contribution in [0, 0.1) is 5.41 Å². The minimum atomic E-state index is -1.17. The minimum absolute atomic E-state index is 0.298. The summed E-state index contributed by atoms with van der Waals surface area (Å²) < 4.78 is 0. The van der Waals surface area contributed by atoms with Crippen LogP contribution < -0.4 is 10.6 Å². The van der Waals surface area contributed by atoms with Gasteiger partial charge in [-0.05, 0) is 38.5 Å². The molecule has 0 unspecified atom stereocenters. The average Bonchev–Trinajstić information content (AvgIpc) is 2.43. The Kier molecular flexibility index (Phi) is 6.49. The van der Waals surface area contributed by atoms with E-state index < -0.39 is 11.3 Å². The summed E-state index contributed by atoms with van der Waals surface area (Å²) in [6.45, 7) is 5.77. The lowest BCUT2D eigenvalue weighted by Crippen LogP contribution is -2.45. The number of rotatable bonds is 6. The van der Waals surface area contributed by atoms with Gasteiger partial charge in [-0.15, -0.1) is 0 Å². The van der Waals surface area contributed by atoms with Crippen molar-refractivity contribution >= 4 is 40.7 Å². The van der Waals surface area contributed by atoms with Crippen LogP contribution in [-0.2, 0) is 9.59 Å². The Morgan fingerprint density at radius 2 is 1.81 bits per heavy atom. The first kappa shape index (κ1) is 17.8.